The van der Waals surface area contributed by atoms with Crippen LogP contribution in [0.5, 0.6) is 0 Å². The number of rotatable bonds is 4. The van der Waals surface area contributed by atoms with Crippen LogP contribution in [-0.2, 0) is 4.79 Å². The Hall–Kier alpha value is -2.44. The number of hydrogen-bond acceptors (Lipinski definition) is 4. The van der Waals surface area contributed by atoms with Crippen molar-refractivity contribution in [2.24, 2.45) is 5.92 Å². The molecule has 7 nitrogen and oxygen atoms in total. The average molecular weight is 292 g/mol. The van der Waals surface area contributed by atoms with Crippen molar-refractivity contribution in [3.05, 3.63) is 39.4 Å². The normalized spacial score (nSPS) is 21.0. The van der Waals surface area contributed by atoms with Gasteiger partial charge in [-0.15, -0.1) is 0 Å². The monoisotopic (exact) mass is 292 g/mol. The number of carboxylic acids is 1. The van der Waals surface area contributed by atoms with E-state index in [4.69, 9.17) is 5.11 Å². The number of hydrogen-bond donors (Lipinski definition) is 2. The molecule has 0 radical (unpaired) electrons. The van der Waals surface area contributed by atoms with Gasteiger partial charge in [0.15, 0.2) is 0 Å². The van der Waals surface area contributed by atoms with E-state index in [1.54, 1.807) is 13.0 Å². The number of benzene rings is 1. The molecule has 0 heterocycles. The molecule has 1 aromatic rings. The fourth-order valence-electron chi connectivity index (χ4n) is 2.59. The summed E-state index contributed by atoms with van der Waals surface area (Å²) < 4.78 is 0. The van der Waals surface area contributed by atoms with Crippen LogP contribution in [0.15, 0.2) is 18.2 Å². The van der Waals surface area contributed by atoms with E-state index in [1.165, 1.54) is 12.1 Å². The molecule has 1 fully saturated rings. The number of carbonyl (C=O) groups excluding carboxylic acids is 1. The van der Waals surface area contributed by atoms with E-state index >= 15 is 0 Å². The highest BCUT2D eigenvalue weighted by Crippen LogP contribution is 2.27. The van der Waals surface area contributed by atoms with Gasteiger partial charge in [-0.05, 0) is 37.8 Å². The third kappa shape index (κ3) is 3.36. The Morgan fingerprint density at radius 3 is 2.67 bits per heavy atom. The molecule has 0 aromatic heterocycles. The van der Waals surface area contributed by atoms with Crippen molar-refractivity contribution in [3.8, 4) is 0 Å². The summed E-state index contributed by atoms with van der Waals surface area (Å²) in [7, 11) is 0. The Balaban J connectivity index is 2.12. The zero-order valence-electron chi connectivity index (χ0n) is 11.5. The number of aryl methyl sites for hydroxylation is 1. The van der Waals surface area contributed by atoms with Gasteiger partial charge in [0.05, 0.1) is 10.8 Å². The van der Waals surface area contributed by atoms with Gasteiger partial charge in [-0.2, -0.15) is 0 Å². The van der Waals surface area contributed by atoms with Crippen molar-refractivity contribution in [2.75, 3.05) is 0 Å². The second kappa shape index (κ2) is 5.90. The summed E-state index contributed by atoms with van der Waals surface area (Å²) in [6, 6.07) is 4.10. The fourth-order valence-corrected chi connectivity index (χ4v) is 2.59. The smallest absolute Gasteiger partial charge is 0.306 e. The average Bonchev–Trinajstić information content (AvgIpc) is 2.86. The van der Waals surface area contributed by atoms with Crippen LogP contribution in [0.1, 0.15) is 35.2 Å². The maximum Gasteiger partial charge on any atom is 0.306 e. The van der Waals surface area contributed by atoms with Gasteiger partial charge >= 0.3 is 5.97 Å². The van der Waals surface area contributed by atoms with Crippen molar-refractivity contribution in [1.82, 2.24) is 5.32 Å². The highest BCUT2D eigenvalue weighted by atomic mass is 16.6. The van der Waals surface area contributed by atoms with E-state index in [0.29, 0.717) is 19.3 Å². The molecule has 2 atom stereocenters. The minimum atomic E-state index is -0.867. The van der Waals surface area contributed by atoms with Crippen LogP contribution < -0.4 is 5.32 Å². The predicted molar refractivity (Wildman–Crippen MR) is 74.1 cm³/mol. The Kier molecular flexibility index (Phi) is 4.21. The molecular formula is C14H16N2O5. The first-order valence-corrected chi connectivity index (χ1v) is 6.67. The number of nitrogens with one attached hydrogen (secondary N) is 1. The zero-order valence-corrected chi connectivity index (χ0v) is 11.5. The first-order valence-electron chi connectivity index (χ1n) is 6.67. The van der Waals surface area contributed by atoms with Crippen LogP contribution in [0, 0.1) is 23.0 Å². The lowest BCUT2D eigenvalue weighted by Crippen LogP contribution is -2.33. The van der Waals surface area contributed by atoms with Crippen LogP contribution in [-0.4, -0.2) is 27.9 Å². The van der Waals surface area contributed by atoms with Gasteiger partial charge < -0.3 is 10.4 Å². The summed E-state index contributed by atoms with van der Waals surface area (Å²) in [5, 5.41) is 22.6. The first kappa shape index (κ1) is 15.0. The first-order chi connectivity index (χ1) is 9.88. The number of nitrogens with zero attached hydrogens (tertiary/aromatic N) is 1. The third-order valence-corrected chi connectivity index (χ3v) is 3.71. The molecule has 21 heavy (non-hydrogen) atoms. The molecule has 112 valence electrons. The van der Waals surface area contributed by atoms with E-state index in [1.807, 2.05) is 0 Å². The Morgan fingerprint density at radius 1 is 1.38 bits per heavy atom. The minimum absolute atomic E-state index is 0.0128. The molecule has 1 aliphatic rings. The molecule has 1 aromatic carbocycles. The summed E-state index contributed by atoms with van der Waals surface area (Å²) in [4.78, 5) is 33.5. The highest BCUT2D eigenvalue weighted by molar-refractivity contribution is 5.98. The Morgan fingerprint density at radius 2 is 2.10 bits per heavy atom. The van der Waals surface area contributed by atoms with Gasteiger partial charge in [0.2, 0.25) is 0 Å². The molecule has 1 saturated carbocycles. The van der Waals surface area contributed by atoms with E-state index in [0.717, 1.165) is 5.56 Å². The van der Waals surface area contributed by atoms with Crippen LogP contribution in [0.3, 0.4) is 0 Å². The SMILES string of the molecule is Cc1ccc([N+](=O)[O-])c(C(=O)N[C@H]2CC[C@@H](C(=O)O)C2)c1. The maximum atomic E-state index is 12.2. The van der Waals surface area contributed by atoms with Gasteiger partial charge in [0, 0.05) is 12.1 Å². The molecule has 0 spiro atoms. The lowest BCUT2D eigenvalue weighted by atomic mass is 10.1. The summed E-state index contributed by atoms with van der Waals surface area (Å²) in [6.45, 7) is 1.75. The minimum Gasteiger partial charge on any atom is -0.481 e. The van der Waals surface area contributed by atoms with Crippen LogP contribution >= 0.6 is 0 Å². The molecule has 1 aliphatic carbocycles. The molecule has 0 unspecified atom stereocenters. The van der Waals surface area contributed by atoms with Gasteiger partial charge in [-0.25, -0.2) is 0 Å². The number of carbonyl (C=O) groups is 2. The molecule has 2 N–H and O–H groups in total. The molecule has 0 bridgehead atoms. The second-order valence-corrected chi connectivity index (χ2v) is 5.30. The lowest BCUT2D eigenvalue weighted by molar-refractivity contribution is -0.385. The van der Waals surface area contributed by atoms with Crippen molar-refractivity contribution in [3.63, 3.8) is 0 Å². The van der Waals surface area contributed by atoms with Crippen molar-refractivity contribution < 1.29 is 19.6 Å². The summed E-state index contributed by atoms with van der Waals surface area (Å²) in [5.74, 6) is -1.85. The molecular weight excluding hydrogens is 276 g/mol. The van der Waals surface area contributed by atoms with E-state index in [9.17, 15) is 19.7 Å². The number of carboxylic acid groups (broad SMARTS) is 1. The van der Waals surface area contributed by atoms with Crippen LogP contribution in [0.4, 0.5) is 5.69 Å². The lowest BCUT2D eigenvalue weighted by Gasteiger charge is -2.12. The van der Waals surface area contributed by atoms with Crippen molar-refractivity contribution in [2.45, 2.75) is 32.2 Å². The van der Waals surface area contributed by atoms with Crippen LogP contribution in [0.2, 0.25) is 0 Å². The quantitative estimate of drug-likeness (QED) is 0.650. The zero-order chi connectivity index (χ0) is 15.6. The molecule has 0 aliphatic heterocycles. The molecule has 0 saturated heterocycles. The number of amides is 1. The number of nitro groups is 1. The molecule has 2 rings (SSSR count). The molecule has 7 heteroatoms. The standard InChI is InChI=1S/C14H16N2O5/c1-8-2-5-12(16(20)21)11(6-8)13(17)15-10-4-3-9(7-10)14(18)19/h2,5-6,9-10H,3-4,7H2,1H3,(H,15,17)(H,18,19)/t9-,10+/m1/s1. The summed E-state index contributed by atoms with van der Waals surface area (Å²) >= 11 is 0. The summed E-state index contributed by atoms with van der Waals surface area (Å²) in [6.07, 6.45) is 1.44. The van der Waals surface area contributed by atoms with Gasteiger partial charge in [0.1, 0.15) is 5.56 Å². The predicted octanol–water partition coefficient (Wildman–Crippen LogP) is 1.89. The van der Waals surface area contributed by atoms with Gasteiger partial charge in [0.25, 0.3) is 11.6 Å². The van der Waals surface area contributed by atoms with E-state index in [-0.39, 0.29) is 17.3 Å². The highest BCUT2D eigenvalue weighted by Gasteiger charge is 2.31. The van der Waals surface area contributed by atoms with Crippen molar-refractivity contribution >= 4 is 17.6 Å². The topological polar surface area (TPSA) is 110 Å². The Bertz CT molecular complexity index is 599. The van der Waals surface area contributed by atoms with Crippen LogP contribution in [0.25, 0.3) is 0 Å². The van der Waals surface area contributed by atoms with E-state index in [2.05, 4.69) is 5.32 Å². The van der Waals surface area contributed by atoms with Gasteiger partial charge in [-0.1, -0.05) is 6.07 Å². The molecule has 1 amide bonds. The number of nitro benzene ring substituents is 1. The largest absolute Gasteiger partial charge is 0.481 e. The fraction of sp³-hybridized carbons (Fsp3) is 0.429. The van der Waals surface area contributed by atoms with E-state index < -0.39 is 22.7 Å². The summed E-state index contributed by atoms with van der Waals surface area (Å²) in [5.41, 5.74) is 0.519. The number of aliphatic carboxylic acids is 1. The second-order valence-electron chi connectivity index (χ2n) is 5.30. The third-order valence-electron chi connectivity index (χ3n) is 3.71. The Labute approximate surface area is 121 Å². The van der Waals surface area contributed by atoms with Gasteiger partial charge in [-0.3, -0.25) is 19.7 Å². The van der Waals surface area contributed by atoms with Crippen molar-refractivity contribution in [1.29, 1.82) is 0 Å². The maximum absolute atomic E-state index is 12.2.